The fraction of sp³-hybridized carbons (Fsp3) is 0.593. The zero-order valence-electron chi connectivity index (χ0n) is 20.5. The van der Waals surface area contributed by atoms with Crippen LogP contribution in [0, 0.1) is 5.41 Å². The molecule has 1 aromatic heterocycles. The van der Waals surface area contributed by atoms with Crippen molar-refractivity contribution < 1.29 is 32.9 Å². The maximum atomic E-state index is 13.6. The van der Waals surface area contributed by atoms with Gasteiger partial charge >= 0.3 is 6.18 Å². The van der Waals surface area contributed by atoms with Crippen LogP contribution in [-0.2, 0) is 33.5 Å². The van der Waals surface area contributed by atoms with Gasteiger partial charge in [-0.15, -0.1) is 0 Å². The van der Waals surface area contributed by atoms with Gasteiger partial charge in [-0.05, 0) is 41.0 Å². The van der Waals surface area contributed by atoms with E-state index >= 15 is 0 Å². The van der Waals surface area contributed by atoms with Crippen LogP contribution in [0.1, 0.15) is 98.2 Å². The highest BCUT2D eigenvalue weighted by Gasteiger charge is 2.58. The quantitative estimate of drug-likeness (QED) is 0.653. The zero-order valence-corrected chi connectivity index (χ0v) is 20.5. The van der Waals surface area contributed by atoms with E-state index in [9.17, 15) is 23.4 Å². The molecule has 1 spiro atoms. The molecule has 1 fully saturated rings. The van der Waals surface area contributed by atoms with Crippen molar-refractivity contribution in [3.05, 3.63) is 63.5 Å². The normalized spacial score (nSPS) is 27.2. The number of rotatable bonds is 2. The fourth-order valence-corrected chi connectivity index (χ4v) is 6.04. The van der Waals surface area contributed by atoms with Crippen LogP contribution < -0.4 is 5.11 Å². The lowest BCUT2D eigenvalue weighted by molar-refractivity contribution is -0.434. The number of pyridine rings is 1. The average molecular weight is 491 g/mol. The van der Waals surface area contributed by atoms with Crippen LogP contribution in [0.15, 0.2) is 24.3 Å². The van der Waals surface area contributed by atoms with E-state index in [4.69, 9.17) is 14.5 Å². The highest BCUT2D eigenvalue weighted by Crippen LogP contribution is 2.58. The molecule has 0 bridgehead atoms. The summed E-state index contributed by atoms with van der Waals surface area (Å²) in [5.74, 6) is -2.13. The van der Waals surface area contributed by atoms with Crippen molar-refractivity contribution >= 4 is 0 Å². The zero-order chi connectivity index (χ0) is 25.4. The molecule has 35 heavy (non-hydrogen) atoms. The van der Waals surface area contributed by atoms with Crippen molar-refractivity contribution in [3.8, 4) is 0 Å². The Hall–Kier alpha value is -2.00. The molecule has 3 aliphatic rings. The molecule has 1 aromatic carbocycles. The van der Waals surface area contributed by atoms with Crippen molar-refractivity contribution in [2.75, 3.05) is 13.2 Å². The van der Waals surface area contributed by atoms with Gasteiger partial charge in [-0.3, -0.25) is 4.98 Å². The number of benzene rings is 1. The predicted molar refractivity (Wildman–Crippen MR) is 120 cm³/mol. The average Bonchev–Trinajstić information content (AvgIpc) is 3.01. The summed E-state index contributed by atoms with van der Waals surface area (Å²) in [7, 11) is 0. The van der Waals surface area contributed by atoms with Gasteiger partial charge in [0.2, 0.25) is 5.79 Å². The van der Waals surface area contributed by atoms with Crippen LogP contribution in [0.5, 0.6) is 0 Å². The topological polar surface area (TPSA) is 74.6 Å². The first kappa shape index (κ1) is 24.7. The van der Waals surface area contributed by atoms with E-state index in [1.165, 1.54) is 12.1 Å². The van der Waals surface area contributed by atoms with Crippen LogP contribution in [0.25, 0.3) is 0 Å². The predicted octanol–water partition coefficient (Wildman–Crippen LogP) is 4.83. The van der Waals surface area contributed by atoms with E-state index in [-0.39, 0.29) is 16.9 Å². The minimum absolute atomic E-state index is 0.108. The van der Waals surface area contributed by atoms with Crippen molar-refractivity contribution in [2.45, 2.75) is 83.0 Å². The molecule has 1 saturated heterocycles. The summed E-state index contributed by atoms with van der Waals surface area (Å²) in [5.41, 5.74) is 1.28. The molecule has 2 aromatic rings. The second kappa shape index (κ2) is 8.00. The number of ether oxygens (including phenoxy) is 2. The van der Waals surface area contributed by atoms with Crippen LogP contribution in [0.2, 0.25) is 0 Å². The minimum Gasteiger partial charge on any atom is -0.848 e. The number of nitrogens with zero attached hydrogens (tertiary/aromatic N) is 1. The van der Waals surface area contributed by atoms with Gasteiger partial charge in [0.25, 0.3) is 0 Å². The van der Waals surface area contributed by atoms with Crippen molar-refractivity contribution in [1.29, 1.82) is 0 Å². The van der Waals surface area contributed by atoms with E-state index in [0.29, 0.717) is 61.3 Å². The summed E-state index contributed by atoms with van der Waals surface area (Å²) in [6.07, 6.45) is -3.58. The van der Waals surface area contributed by atoms with Crippen molar-refractivity contribution in [2.24, 2.45) is 5.41 Å². The number of hydrogen-bond acceptors (Lipinski definition) is 5. The first-order chi connectivity index (χ1) is 16.3. The Balaban J connectivity index is 1.79. The number of alkyl halides is 3. The summed E-state index contributed by atoms with van der Waals surface area (Å²) in [6, 6.07) is 4.41. The molecule has 2 unspecified atom stereocenters. The number of aromatic nitrogens is 1. The molecule has 5 nitrogen and oxygen atoms in total. The van der Waals surface area contributed by atoms with E-state index in [2.05, 4.69) is 13.8 Å². The van der Waals surface area contributed by atoms with Gasteiger partial charge in [0.15, 0.2) is 0 Å². The molecule has 8 heteroatoms. The molecular weight excluding hydrogens is 459 g/mol. The van der Waals surface area contributed by atoms with Crippen LogP contribution >= 0.6 is 0 Å². The highest BCUT2D eigenvalue weighted by molar-refractivity contribution is 5.56. The SMILES string of the molecule is CC(C)c1nc2c(c3c1C(O)(c1ccc(C(F)(F)F)cc1)OC31CCOCC1)C([O-])CC(C)(C)C2. The lowest BCUT2D eigenvalue weighted by Gasteiger charge is -2.44. The van der Waals surface area contributed by atoms with E-state index in [1.54, 1.807) is 0 Å². The molecular formula is C27H31F3NO4-. The third-order valence-electron chi connectivity index (χ3n) is 7.64. The molecule has 3 heterocycles. The maximum absolute atomic E-state index is 13.6. The second-order valence-electron chi connectivity index (χ2n) is 11.2. The standard InChI is InChI=1S/C27H31F3NO4/c1-15(2)23-22-21(20-18(31-23)13-24(3,4)14-19(20)32)25(9-11-34-12-10-25)35-26(22,33)16-5-7-17(8-6-16)27(28,29)30/h5-8,15,19,33H,9-14H2,1-4H3/q-1. The van der Waals surface area contributed by atoms with Crippen molar-refractivity contribution in [1.82, 2.24) is 4.98 Å². The van der Waals surface area contributed by atoms with E-state index in [1.807, 2.05) is 13.8 Å². The molecule has 0 saturated carbocycles. The molecule has 5 rings (SSSR count). The number of halogens is 3. The fourth-order valence-electron chi connectivity index (χ4n) is 6.04. The first-order valence-corrected chi connectivity index (χ1v) is 12.2. The smallest absolute Gasteiger partial charge is 0.416 e. The molecule has 2 atom stereocenters. The monoisotopic (exact) mass is 490 g/mol. The van der Waals surface area contributed by atoms with Crippen LogP contribution in [0.3, 0.4) is 0 Å². The van der Waals surface area contributed by atoms with Gasteiger partial charge in [0.05, 0.1) is 11.3 Å². The van der Waals surface area contributed by atoms with E-state index in [0.717, 1.165) is 17.8 Å². The van der Waals surface area contributed by atoms with Gasteiger partial charge in [-0.2, -0.15) is 13.2 Å². The molecule has 2 aliphatic heterocycles. The lowest BCUT2D eigenvalue weighted by Crippen LogP contribution is -2.40. The van der Waals surface area contributed by atoms with Crippen molar-refractivity contribution in [3.63, 3.8) is 0 Å². The van der Waals surface area contributed by atoms with Gasteiger partial charge < -0.3 is 19.7 Å². The van der Waals surface area contributed by atoms with Gasteiger partial charge in [0.1, 0.15) is 5.60 Å². The molecule has 0 radical (unpaired) electrons. The van der Waals surface area contributed by atoms with Gasteiger partial charge in [-0.1, -0.05) is 52.4 Å². The molecule has 1 aliphatic carbocycles. The Morgan fingerprint density at radius 2 is 1.71 bits per heavy atom. The highest BCUT2D eigenvalue weighted by atomic mass is 19.4. The maximum Gasteiger partial charge on any atom is 0.416 e. The third-order valence-corrected chi connectivity index (χ3v) is 7.64. The third kappa shape index (κ3) is 3.89. The summed E-state index contributed by atoms with van der Waals surface area (Å²) < 4.78 is 51.8. The lowest BCUT2D eigenvalue weighted by atomic mass is 9.69. The van der Waals surface area contributed by atoms with Gasteiger partial charge in [0, 0.05) is 42.9 Å². The second-order valence-corrected chi connectivity index (χ2v) is 11.2. The van der Waals surface area contributed by atoms with Crippen LogP contribution in [0.4, 0.5) is 13.2 Å². The molecule has 0 amide bonds. The first-order valence-electron chi connectivity index (χ1n) is 12.2. The Morgan fingerprint density at radius 1 is 1.09 bits per heavy atom. The largest absolute Gasteiger partial charge is 0.848 e. The van der Waals surface area contributed by atoms with Crippen LogP contribution in [-0.4, -0.2) is 23.3 Å². The Kier molecular flexibility index (Phi) is 5.64. The number of fused-ring (bicyclic) bond motifs is 4. The summed E-state index contributed by atoms with van der Waals surface area (Å²) >= 11 is 0. The number of hydrogen-bond donors (Lipinski definition) is 1. The Bertz CT molecular complexity index is 1140. The molecule has 1 N–H and O–H groups in total. The Morgan fingerprint density at radius 3 is 2.29 bits per heavy atom. The summed E-state index contributed by atoms with van der Waals surface area (Å²) in [4.78, 5) is 4.93. The Labute approximate surface area is 203 Å². The molecule has 190 valence electrons. The number of aliphatic hydroxyl groups is 1. The van der Waals surface area contributed by atoms with E-state index < -0.39 is 29.2 Å². The summed E-state index contributed by atoms with van der Waals surface area (Å²) in [5, 5.41) is 25.8. The van der Waals surface area contributed by atoms with Gasteiger partial charge in [-0.25, -0.2) is 0 Å². The summed E-state index contributed by atoms with van der Waals surface area (Å²) in [6.45, 7) is 8.82. The minimum atomic E-state index is -4.50.